The summed E-state index contributed by atoms with van der Waals surface area (Å²) in [5.74, 6) is -1.00. The molecule has 1 saturated heterocycles. The van der Waals surface area contributed by atoms with Gasteiger partial charge in [-0.2, -0.15) is 0 Å². The molecule has 1 aliphatic heterocycles. The van der Waals surface area contributed by atoms with E-state index >= 15 is 0 Å². The van der Waals surface area contributed by atoms with Crippen LogP contribution < -0.4 is 0 Å². The van der Waals surface area contributed by atoms with Crippen molar-refractivity contribution in [3.63, 3.8) is 0 Å². The largest absolute Gasteiger partial charge is 0.381 e. The quantitative estimate of drug-likeness (QED) is 0.793. The van der Waals surface area contributed by atoms with Gasteiger partial charge in [-0.15, -0.1) is 11.6 Å². The average Bonchev–Trinajstić information content (AvgIpc) is 2.84. The summed E-state index contributed by atoms with van der Waals surface area (Å²) >= 11 is 5.95. The summed E-state index contributed by atoms with van der Waals surface area (Å²) in [6, 6.07) is 2.59. The van der Waals surface area contributed by atoms with Crippen LogP contribution in [-0.2, 0) is 16.2 Å². The zero-order valence-electron chi connectivity index (χ0n) is 11.1. The van der Waals surface area contributed by atoms with Crippen molar-refractivity contribution in [2.24, 2.45) is 0 Å². The van der Waals surface area contributed by atoms with Gasteiger partial charge in [0, 0.05) is 18.8 Å². The molecule has 0 N–H and O–H groups in total. The van der Waals surface area contributed by atoms with Crippen LogP contribution >= 0.6 is 11.6 Å². The van der Waals surface area contributed by atoms with Crippen LogP contribution in [-0.4, -0.2) is 22.8 Å². The number of hydrogen-bond acceptors (Lipinski definition) is 2. The van der Waals surface area contributed by atoms with Crippen molar-refractivity contribution in [2.45, 2.75) is 31.2 Å². The molecule has 0 atom stereocenters. The van der Waals surface area contributed by atoms with Crippen LogP contribution in [0.2, 0.25) is 0 Å². The van der Waals surface area contributed by atoms with Gasteiger partial charge < -0.3 is 9.30 Å². The fourth-order valence-corrected chi connectivity index (χ4v) is 3.04. The number of hydrogen-bond donors (Lipinski definition) is 0. The van der Waals surface area contributed by atoms with E-state index in [9.17, 15) is 8.78 Å². The molecule has 0 amide bonds. The van der Waals surface area contributed by atoms with Gasteiger partial charge in [0.25, 0.3) is 0 Å². The third-order valence-electron chi connectivity index (χ3n) is 4.01. The highest BCUT2D eigenvalue weighted by Crippen LogP contribution is 2.35. The highest BCUT2D eigenvalue weighted by Gasteiger charge is 2.34. The SMILES string of the molecule is CC1(n2c(CCl)nc3ccc(F)c(F)c32)CCOCC1. The minimum atomic E-state index is -0.865. The van der Waals surface area contributed by atoms with E-state index in [0.29, 0.717) is 24.6 Å². The lowest BCUT2D eigenvalue weighted by molar-refractivity contribution is 0.0300. The molecule has 0 radical (unpaired) electrons. The van der Waals surface area contributed by atoms with Gasteiger partial charge in [0.05, 0.1) is 11.4 Å². The number of benzene rings is 1. The standard InChI is InChI=1S/C14H15ClF2N2O/c1-14(4-6-20-7-5-14)19-11(8-15)18-10-3-2-9(16)12(17)13(10)19/h2-3H,4-8H2,1H3. The molecule has 0 spiro atoms. The number of halogens is 3. The van der Waals surface area contributed by atoms with Crippen LogP contribution in [0.4, 0.5) is 8.78 Å². The molecule has 3 nitrogen and oxygen atoms in total. The second kappa shape index (κ2) is 4.97. The maximum absolute atomic E-state index is 14.2. The van der Waals surface area contributed by atoms with Gasteiger partial charge in [-0.05, 0) is 31.9 Å². The van der Waals surface area contributed by atoms with E-state index < -0.39 is 11.6 Å². The van der Waals surface area contributed by atoms with Gasteiger partial charge >= 0.3 is 0 Å². The Balaban J connectivity index is 2.29. The molecular formula is C14H15ClF2N2O. The van der Waals surface area contributed by atoms with Crippen molar-refractivity contribution in [1.82, 2.24) is 9.55 Å². The van der Waals surface area contributed by atoms with E-state index in [1.165, 1.54) is 6.07 Å². The van der Waals surface area contributed by atoms with Crippen molar-refractivity contribution < 1.29 is 13.5 Å². The lowest BCUT2D eigenvalue weighted by Gasteiger charge is -2.36. The van der Waals surface area contributed by atoms with E-state index in [-0.39, 0.29) is 16.9 Å². The second-order valence-electron chi connectivity index (χ2n) is 5.34. The normalized spacial score (nSPS) is 18.6. The Kier molecular flexibility index (Phi) is 3.42. The van der Waals surface area contributed by atoms with Crippen LogP contribution in [0.3, 0.4) is 0 Å². The number of imidazole rings is 1. The fourth-order valence-electron chi connectivity index (χ4n) is 2.86. The molecule has 1 aliphatic rings. The number of nitrogens with zero attached hydrogens (tertiary/aromatic N) is 2. The van der Waals surface area contributed by atoms with E-state index in [4.69, 9.17) is 16.3 Å². The molecule has 1 aromatic heterocycles. The van der Waals surface area contributed by atoms with Crippen LogP contribution in [0.1, 0.15) is 25.6 Å². The molecule has 1 fully saturated rings. The van der Waals surface area contributed by atoms with Crippen molar-refractivity contribution in [3.05, 3.63) is 29.6 Å². The molecule has 0 bridgehead atoms. The van der Waals surface area contributed by atoms with Gasteiger partial charge in [-0.25, -0.2) is 13.8 Å². The minimum Gasteiger partial charge on any atom is -0.381 e. The van der Waals surface area contributed by atoms with Gasteiger partial charge in [-0.1, -0.05) is 0 Å². The van der Waals surface area contributed by atoms with Crippen LogP contribution in [0.25, 0.3) is 11.0 Å². The number of rotatable bonds is 2. The Hall–Kier alpha value is -1.20. The topological polar surface area (TPSA) is 27.1 Å². The summed E-state index contributed by atoms with van der Waals surface area (Å²) in [6.07, 6.45) is 1.44. The molecule has 0 aliphatic carbocycles. The Labute approximate surface area is 120 Å². The first-order chi connectivity index (χ1) is 9.57. The summed E-state index contributed by atoms with van der Waals surface area (Å²) in [5.41, 5.74) is 0.281. The maximum Gasteiger partial charge on any atom is 0.184 e. The van der Waals surface area contributed by atoms with E-state index in [1.807, 2.05) is 6.92 Å². The predicted octanol–water partition coefficient (Wildman–Crippen LogP) is 3.58. The molecule has 0 saturated carbocycles. The van der Waals surface area contributed by atoms with Crippen molar-refractivity contribution >= 4 is 22.6 Å². The third-order valence-corrected chi connectivity index (χ3v) is 4.25. The summed E-state index contributed by atoms with van der Waals surface area (Å²) in [6.45, 7) is 3.20. The summed E-state index contributed by atoms with van der Waals surface area (Å²) < 4.78 is 34.9. The van der Waals surface area contributed by atoms with Gasteiger partial charge in [0.1, 0.15) is 11.3 Å². The Morgan fingerprint density at radius 1 is 1.35 bits per heavy atom. The molecule has 3 rings (SSSR count). The molecule has 2 heterocycles. The van der Waals surface area contributed by atoms with Gasteiger partial charge in [0.15, 0.2) is 11.6 Å². The molecule has 20 heavy (non-hydrogen) atoms. The lowest BCUT2D eigenvalue weighted by Crippen LogP contribution is -2.37. The average molecular weight is 301 g/mol. The molecule has 6 heteroatoms. The number of fused-ring (bicyclic) bond motifs is 1. The Morgan fingerprint density at radius 3 is 2.70 bits per heavy atom. The van der Waals surface area contributed by atoms with Crippen LogP contribution in [0.15, 0.2) is 12.1 Å². The molecule has 2 aromatic rings. The monoisotopic (exact) mass is 300 g/mol. The van der Waals surface area contributed by atoms with Gasteiger partial charge in [-0.3, -0.25) is 0 Å². The summed E-state index contributed by atoms with van der Waals surface area (Å²) in [5, 5.41) is 0. The second-order valence-corrected chi connectivity index (χ2v) is 5.60. The number of alkyl halides is 1. The highest BCUT2D eigenvalue weighted by atomic mass is 35.5. The lowest BCUT2D eigenvalue weighted by atomic mass is 9.91. The first-order valence-corrected chi connectivity index (χ1v) is 7.10. The highest BCUT2D eigenvalue weighted by molar-refractivity contribution is 6.16. The van der Waals surface area contributed by atoms with Gasteiger partial charge in [0.2, 0.25) is 0 Å². The summed E-state index contributed by atoms with van der Waals surface area (Å²) in [4.78, 5) is 4.34. The molecule has 0 unspecified atom stereocenters. The number of ether oxygens (including phenoxy) is 1. The minimum absolute atomic E-state index is 0.159. The van der Waals surface area contributed by atoms with Crippen LogP contribution in [0.5, 0.6) is 0 Å². The Bertz CT molecular complexity index is 650. The van der Waals surface area contributed by atoms with E-state index in [2.05, 4.69) is 4.98 Å². The summed E-state index contributed by atoms with van der Waals surface area (Å²) in [7, 11) is 0. The van der Waals surface area contributed by atoms with Crippen molar-refractivity contribution in [2.75, 3.05) is 13.2 Å². The first kappa shape index (κ1) is 13.8. The first-order valence-electron chi connectivity index (χ1n) is 6.56. The zero-order chi connectivity index (χ0) is 14.3. The molecule has 108 valence electrons. The predicted molar refractivity (Wildman–Crippen MR) is 72.9 cm³/mol. The number of aromatic nitrogens is 2. The van der Waals surface area contributed by atoms with Crippen molar-refractivity contribution in [1.29, 1.82) is 0 Å². The fraction of sp³-hybridized carbons (Fsp3) is 0.500. The zero-order valence-corrected chi connectivity index (χ0v) is 11.9. The molecular weight excluding hydrogens is 286 g/mol. The van der Waals surface area contributed by atoms with Crippen molar-refractivity contribution in [3.8, 4) is 0 Å². The smallest absolute Gasteiger partial charge is 0.184 e. The van der Waals surface area contributed by atoms with E-state index in [1.54, 1.807) is 4.57 Å². The third kappa shape index (κ3) is 2.00. The van der Waals surface area contributed by atoms with E-state index in [0.717, 1.165) is 18.9 Å². The van der Waals surface area contributed by atoms with Crippen LogP contribution in [0, 0.1) is 11.6 Å². The molecule has 1 aromatic carbocycles. The Morgan fingerprint density at radius 2 is 2.05 bits per heavy atom. The maximum atomic E-state index is 14.2.